The third-order valence-corrected chi connectivity index (χ3v) is 5.10. The van der Waals surface area contributed by atoms with Crippen molar-refractivity contribution in [2.24, 2.45) is 0 Å². The first-order chi connectivity index (χ1) is 13.7. The van der Waals surface area contributed by atoms with Crippen LogP contribution in [0.2, 0.25) is 0 Å². The fourth-order valence-electron chi connectivity index (χ4n) is 3.01. The van der Waals surface area contributed by atoms with E-state index in [4.69, 9.17) is 23.7 Å². The van der Waals surface area contributed by atoms with Crippen LogP contribution >= 0.6 is 22.6 Å². The Labute approximate surface area is 183 Å². The lowest BCUT2D eigenvalue weighted by Gasteiger charge is -2.43. The second-order valence-corrected chi connectivity index (χ2v) is 7.42. The third-order valence-electron chi connectivity index (χ3n) is 4.23. The molecule has 0 spiro atoms. The van der Waals surface area contributed by atoms with Crippen molar-refractivity contribution in [3.05, 3.63) is 29.8 Å². The van der Waals surface area contributed by atoms with Crippen LogP contribution in [-0.4, -0.2) is 53.0 Å². The Hall–Kier alpha value is -1.88. The number of hydrogen-bond acceptors (Lipinski definition) is 8. The zero-order valence-electron chi connectivity index (χ0n) is 16.8. The number of carbonyl (C=O) groups is 3. The van der Waals surface area contributed by atoms with E-state index >= 15 is 0 Å². The molecule has 1 fully saturated rings. The molecule has 0 bridgehead atoms. The first-order valence-corrected chi connectivity index (χ1v) is 10.8. The van der Waals surface area contributed by atoms with Gasteiger partial charge in [0.2, 0.25) is 12.4 Å². The SMILES string of the molecule is CCc1ccc(OC2OC(CI)[C@@H](OC(C)=O)[C@H](OC(C)=O)[C@H]2OC(C)=O)cc1. The first-order valence-electron chi connectivity index (χ1n) is 9.23. The number of aryl methyl sites for hydroxylation is 1. The number of carbonyl (C=O) groups excluding carboxylic acids is 3. The summed E-state index contributed by atoms with van der Waals surface area (Å²) in [7, 11) is 0. The van der Waals surface area contributed by atoms with Crippen LogP contribution in [0.4, 0.5) is 0 Å². The summed E-state index contributed by atoms with van der Waals surface area (Å²) < 4.78 is 28.4. The summed E-state index contributed by atoms with van der Waals surface area (Å²) >= 11 is 2.08. The molecule has 1 saturated heterocycles. The quantitative estimate of drug-likeness (QED) is 0.234. The molecule has 0 amide bonds. The summed E-state index contributed by atoms with van der Waals surface area (Å²) in [6.45, 7) is 5.74. The molecule has 1 aliphatic rings. The Kier molecular flexibility index (Phi) is 8.69. The molecule has 1 heterocycles. The molecule has 0 radical (unpaired) electrons. The largest absolute Gasteiger partial charge is 0.461 e. The van der Waals surface area contributed by atoms with E-state index in [1.54, 1.807) is 12.1 Å². The van der Waals surface area contributed by atoms with Gasteiger partial charge in [0, 0.05) is 25.2 Å². The van der Waals surface area contributed by atoms with E-state index in [-0.39, 0.29) is 0 Å². The van der Waals surface area contributed by atoms with Crippen LogP contribution in [0.15, 0.2) is 24.3 Å². The lowest BCUT2D eigenvalue weighted by molar-refractivity contribution is -0.279. The number of alkyl halides is 1. The molecule has 2 rings (SSSR count). The minimum Gasteiger partial charge on any atom is -0.461 e. The zero-order chi connectivity index (χ0) is 21.6. The average molecular weight is 520 g/mol. The van der Waals surface area contributed by atoms with E-state index in [0.29, 0.717) is 10.2 Å². The summed E-state index contributed by atoms with van der Waals surface area (Å²) in [6.07, 6.45) is -3.94. The van der Waals surface area contributed by atoms with Gasteiger partial charge in [-0.3, -0.25) is 14.4 Å². The van der Waals surface area contributed by atoms with E-state index in [1.807, 2.05) is 19.1 Å². The van der Waals surface area contributed by atoms with Crippen molar-refractivity contribution in [3.63, 3.8) is 0 Å². The van der Waals surface area contributed by atoms with Gasteiger partial charge in [0.05, 0.1) is 0 Å². The van der Waals surface area contributed by atoms with Gasteiger partial charge in [-0.05, 0) is 24.1 Å². The monoisotopic (exact) mass is 520 g/mol. The highest BCUT2D eigenvalue weighted by Gasteiger charge is 2.52. The minimum absolute atomic E-state index is 0.425. The van der Waals surface area contributed by atoms with E-state index in [1.165, 1.54) is 20.8 Å². The fraction of sp³-hybridized carbons (Fsp3) is 0.550. The highest BCUT2D eigenvalue weighted by molar-refractivity contribution is 14.1. The molecule has 5 atom stereocenters. The second kappa shape index (κ2) is 10.8. The Morgan fingerprint density at radius 1 is 0.897 bits per heavy atom. The van der Waals surface area contributed by atoms with Gasteiger partial charge in [-0.15, -0.1) is 0 Å². The van der Waals surface area contributed by atoms with Crippen LogP contribution < -0.4 is 4.74 Å². The number of esters is 3. The summed E-state index contributed by atoms with van der Waals surface area (Å²) in [5, 5.41) is 0. The number of rotatable bonds is 7. The maximum atomic E-state index is 11.7. The summed E-state index contributed by atoms with van der Waals surface area (Å²) in [4.78, 5) is 35.0. The maximum absolute atomic E-state index is 11.7. The van der Waals surface area contributed by atoms with Crippen LogP contribution in [0.3, 0.4) is 0 Å². The third kappa shape index (κ3) is 6.56. The van der Waals surface area contributed by atoms with Crippen molar-refractivity contribution < 1.29 is 38.1 Å². The van der Waals surface area contributed by atoms with Gasteiger partial charge in [0.25, 0.3) is 0 Å². The van der Waals surface area contributed by atoms with E-state index in [0.717, 1.165) is 12.0 Å². The van der Waals surface area contributed by atoms with Crippen LogP contribution in [0.5, 0.6) is 5.75 Å². The molecule has 0 aromatic heterocycles. The summed E-state index contributed by atoms with van der Waals surface area (Å²) in [5.74, 6) is -1.28. The first kappa shape index (κ1) is 23.4. The van der Waals surface area contributed by atoms with Gasteiger partial charge in [-0.1, -0.05) is 41.6 Å². The van der Waals surface area contributed by atoms with Crippen LogP contribution in [0.1, 0.15) is 33.3 Å². The molecule has 160 valence electrons. The van der Waals surface area contributed by atoms with Crippen molar-refractivity contribution in [3.8, 4) is 5.75 Å². The minimum atomic E-state index is -1.12. The number of hydrogen-bond donors (Lipinski definition) is 0. The van der Waals surface area contributed by atoms with Crippen molar-refractivity contribution in [2.45, 2.75) is 64.8 Å². The normalized spacial score (nSPS) is 26.3. The molecule has 1 aromatic rings. The topological polar surface area (TPSA) is 97.4 Å². The predicted octanol–water partition coefficient (Wildman–Crippen LogP) is 2.58. The molecule has 1 aliphatic heterocycles. The van der Waals surface area contributed by atoms with Crippen LogP contribution in [0.25, 0.3) is 0 Å². The van der Waals surface area contributed by atoms with Gasteiger partial charge in [0.1, 0.15) is 11.9 Å². The highest BCUT2D eigenvalue weighted by Crippen LogP contribution is 2.31. The molecule has 2 unspecified atom stereocenters. The van der Waals surface area contributed by atoms with E-state index in [9.17, 15) is 14.4 Å². The Morgan fingerprint density at radius 3 is 1.90 bits per heavy atom. The maximum Gasteiger partial charge on any atom is 0.303 e. The smallest absolute Gasteiger partial charge is 0.303 e. The van der Waals surface area contributed by atoms with Gasteiger partial charge in [-0.25, -0.2) is 0 Å². The van der Waals surface area contributed by atoms with E-state index in [2.05, 4.69) is 22.6 Å². The molecular formula is C20H25IO8. The van der Waals surface area contributed by atoms with Gasteiger partial charge in [0.15, 0.2) is 12.2 Å². The predicted molar refractivity (Wildman–Crippen MR) is 111 cm³/mol. The summed E-state index contributed by atoms with van der Waals surface area (Å²) in [5.41, 5.74) is 1.14. The molecular weight excluding hydrogens is 495 g/mol. The molecule has 0 saturated carbocycles. The van der Waals surface area contributed by atoms with Crippen LogP contribution in [0, 0.1) is 0 Å². The molecule has 29 heavy (non-hydrogen) atoms. The van der Waals surface area contributed by atoms with Crippen molar-refractivity contribution in [2.75, 3.05) is 4.43 Å². The van der Waals surface area contributed by atoms with Crippen molar-refractivity contribution in [1.82, 2.24) is 0 Å². The van der Waals surface area contributed by atoms with Crippen LogP contribution in [-0.2, 0) is 39.8 Å². The highest BCUT2D eigenvalue weighted by atomic mass is 127. The second-order valence-electron chi connectivity index (χ2n) is 6.53. The van der Waals surface area contributed by atoms with Crippen molar-refractivity contribution >= 4 is 40.5 Å². The van der Waals surface area contributed by atoms with E-state index < -0.39 is 48.6 Å². The Morgan fingerprint density at radius 2 is 1.41 bits per heavy atom. The van der Waals surface area contributed by atoms with Gasteiger partial charge in [-0.2, -0.15) is 0 Å². The van der Waals surface area contributed by atoms with Crippen molar-refractivity contribution in [1.29, 1.82) is 0 Å². The number of benzene rings is 1. The average Bonchev–Trinajstić information content (AvgIpc) is 2.65. The number of ether oxygens (including phenoxy) is 5. The Bertz CT molecular complexity index is 720. The van der Waals surface area contributed by atoms with Gasteiger partial charge < -0.3 is 23.7 Å². The molecule has 1 aromatic carbocycles. The molecule has 0 aliphatic carbocycles. The standard InChI is InChI=1S/C20H25IO8/c1-5-14-6-8-15(9-7-14)28-20-19(27-13(4)24)18(26-12(3)23)17(25-11(2)22)16(10-21)29-20/h6-9,16-20H,5,10H2,1-4H3/t16?,17-,18+,19-,20?/m1/s1. The number of halogens is 1. The Balaban J connectivity index is 2.37. The molecule has 8 nitrogen and oxygen atoms in total. The summed E-state index contributed by atoms with van der Waals surface area (Å²) in [6, 6.07) is 7.40. The zero-order valence-corrected chi connectivity index (χ0v) is 18.9. The lowest BCUT2D eigenvalue weighted by Crippen LogP contribution is -2.63. The lowest BCUT2D eigenvalue weighted by atomic mass is 9.98. The fourth-order valence-corrected chi connectivity index (χ4v) is 3.72. The molecule has 0 N–H and O–H groups in total. The molecule has 9 heteroatoms. The van der Waals surface area contributed by atoms with Gasteiger partial charge >= 0.3 is 17.9 Å².